The molecule has 0 spiro atoms. The molecule has 2 amide bonds. The Morgan fingerprint density at radius 2 is 1.62 bits per heavy atom. The van der Waals surface area contributed by atoms with Crippen LogP contribution in [0.15, 0.2) is 54.2 Å². The summed E-state index contributed by atoms with van der Waals surface area (Å²) in [6.45, 7) is 4.58. The summed E-state index contributed by atoms with van der Waals surface area (Å²) in [5.74, 6) is 0.0959. The van der Waals surface area contributed by atoms with Crippen molar-refractivity contribution in [3.05, 3.63) is 64.8 Å². The summed E-state index contributed by atoms with van der Waals surface area (Å²) in [7, 11) is 0. The van der Waals surface area contributed by atoms with Gasteiger partial charge in [-0.25, -0.2) is 0 Å². The fourth-order valence-corrected chi connectivity index (χ4v) is 2.94. The number of ether oxygens (including phenoxy) is 1. The quantitative estimate of drug-likeness (QED) is 0.782. The Morgan fingerprint density at radius 1 is 0.962 bits per heavy atom. The topological polar surface area (TPSA) is 58.6 Å². The highest BCUT2D eigenvalue weighted by molar-refractivity contribution is 6.36. The van der Waals surface area contributed by atoms with E-state index in [1.165, 1.54) is 4.90 Å². The van der Waals surface area contributed by atoms with Gasteiger partial charge < -0.3 is 10.1 Å². The van der Waals surface area contributed by atoms with Crippen LogP contribution in [0.25, 0.3) is 5.57 Å². The van der Waals surface area contributed by atoms with Gasteiger partial charge in [0.15, 0.2) is 0 Å². The number of nitrogens with zero attached hydrogens (tertiary/aromatic N) is 1. The molecule has 26 heavy (non-hydrogen) atoms. The lowest BCUT2D eigenvalue weighted by molar-refractivity contribution is -0.136. The van der Waals surface area contributed by atoms with Crippen LogP contribution in [0.2, 0.25) is 5.02 Å². The van der Waals surface area contributed by atoms with E-state index >= 15 is 0 Å². The Bertz CT molecular complexity index is 858. The van der Waals surface area contributed by atoms with Crippen molar-refractivity contribution < 1.29 is 14.3 Å². The Hall–Kier alpha value is -2.79. The zero-order chi connectivity index (χ0) is 18.7. The van der Waals surface area contributed by atoms with Gasteiger partial charge in [0.25, 0.3) is 11.8 Å². The van der Waals surface area contributed by atoms with Crippen molar-refractivity contribution >= 4 is 34.7 Å². The molecule has 1 aliphatic heterocycles. The Morgan fingerprint density at radius 3 is 2.19 bits per heavy atom. The van der Waals surface area contributed by atoms with Gasteiger partial charge in [-0.15, -0.1) is 0 Å². The molecule has 0 atom stereocenters. The Kier molecular flexibility index (Phi) is 5.28. The van der Waals surface area contributed by atoms with Crippen molar-refractivity contribution in [1.82, 2.24) is 4.90 Å². The van der Waals surface area contributed by atoms with Crippen LogP contribution in [0.1, 0.15) is 19.4 Å². The molecule has 0 bridgehead atoms. The van der Waals surface area contributed by atoms with E-state index < -0.39 is 0 Å². The van der Waals surface area contributed by atoms with E-state index in [1.54, 1.807) is 31.2 Å². The first kappa shape index (κ1) is 18.0. The molecular formula is C20H19ClN2O3. The predicted molar refractivity (Wildman–Crippen MR) is 102 cm³/mol. The van der Waals surface area contributed by atoms with Crippen LogP contribution < -0.4 is 10.1 Å². The van der Waals surface area contributed by atoms with E-state index in [0.717, 1.165) is 5.75 Å². The number of halogens is 1. The van der Waals surface area contributed by atoms with E-state index in [4.69, 9.17) is 16.3 Å². The summed E-state index contributed by atoms with van der Waals surface area (Å²) in [5, 5.41) is 3.67. The smallest absolute Gasteiger partial charge is 0.278 e. The van der Waals surface area contributed by atoms with Crippen molar-refractivity contribution in [3.8, 4) is 5.75 Å². The van der Waals surface area contributed by atoms with Crippen molar-refractivity contribution in [2.24, 2.45) is 0 Å². The van der Waals surface area contributed by atoms with Crippen LogP contribution in [-0.4, -0.2) is 29.9 Å². The number of carbonyl (C=O) groups is 2. The van der Waals surface area contributed by atoms with Crippen molar-refractivity contribution in [2.75, 3.05) is 18.5 Å². The SMILES string of the molecule is CCOc1ccc(NC2=C(c3ccc(Cl)cc3)C(=O)N(CC)C2=O)cc1. The lowest BCUT2D eigenvalue weighted by atomic mass is 10.0. The summed E-state index contributed by atoms with van der Waals surface area (Å²) in [6, 6.07) is 14.1. The number of anilines is 1. The second kappa shape index (κ2) is 7.62. The summed E-state index contributed by atoms with van der Waals surface area (Å²) in [5.41, 5.74) is 1.97. The number of carbonyl (C=O) groups excluding carboxylic acids is 2. The highest BCUT2D eigenvalue weighted by atomic mass is 35.5. The largest absolute Gasteiger partial charge is 0.494 e. The molecule has 5 nitrogen and oxygen atoms in total. The van der Waals surface area contributed by atoms with Crippen molar-refractivity contribution in [3.63, 3.8) is 0 Å². The summed E-state index contributed by atoms with van der Waals surface area (Å²) in [4.78, 5) is 26.7. The molecule has 1 heterocycles. The molecule has 0 aliphatic carbocycles. The van der Waals surface area contributed by atoms with E-state index in [-0.39, 0.29) is 17.5 Å². The molecule has 0 aromatic heterocycles. The number of hydrogen-bond donors (Lipinski definition) is 1. The van der Waals surface area contributed by atoms with Gasteiger partial charge in [0.2, 0.25) is 0 Å². The molecule has 0 unspecified atom stereocenters. The molecule has 0 saturated carbocycles. The van der Waals surface area contributed by atoms with Crippen LogP contribution in [0.3, 0.4) is 0 Å². The van der Waals surface area contributed by atoms with Crippen LogP contribution in [-0.2, 0) is 9.59 Å². The van der Waals surface area contributed by atoms with Gasteiger partial charge >= 0.3 is 0 Å². The highest BCUT2D eigenvalue weighted by Crippen LogP contribution is 2.31. The number of likely N-dealkylation sites (N-methyl/N-ethyl adjacent to an activating group) is 1. The third-order valence-corrected chi connectivity index (χ3v) is 4.30. The van der Waals surface area contributed by atoms with Gasteiger partial charge in [0, 0.05) is 17.3 Å². The molecular weight excluding hydrogens is 352 g/mol. The second-order valence-corrected chi connectivity index (χ2v) is 6.13. The molecule has 6 heteroatoms. The number of rotatable bonds is 6. The first-order valence-corrected chi connectivity index (χ1v) is 8.79. The zero-order valence-electron chi connectivity index (χ0n) is 14.6. The van der Waals surface area contributed by atoms with E-state index in [1.807, 2.05) is 31.2 Å². The summed E-state index contributed by atoms with van der Waals surface area (Å²) in [6.07, 6.45) is 0. The molecule has 0 saturated heterocycles. The van der Waals surface area contributed by atoms with Gasteiger partial charge in [-0.1, -0.05) is 23.7 Å². The molecule has 0 fully saturated rings. The molecule has 1 N–H and O–H groups in total. The van der Waals surface area contributed by atoms with Gasteiger partial charge in [-0.05, 0) is 55.8 Å². The third kappa shape index (κ3) is 3.44. The fraction of sp³-hybridized carbons (Fsp3) is 0.200. The van der Waals surface area contributed by atoms with Gasteiger partial charge in [-0.2, -0.15) is 0 Å². The highest BCUT2D eigenvalue weighted by Gasteiger charge is 2.38. The van der Waals surface area contributed by atoms with Crippen LogP contribution >= 0.6 is 11.6 Å². The monoisotopic (exact) mass is 370 g/mol. The van der Waals surface area contributed by atoms with E-state index in [0.29, 0.717) is 35.0 Å². The molecule has 0 radical (unpaired) electrons. The minimum atomic E-state index is -0.337. The molecule has 134 valence electrons. The van der Waals surface area contributed by atoms with Crippen LogP contribution in [0.5, 0.6) is 5.75 Å². The maximum absolute atomic E-state index is 12.7. The minimum Gasteiger partial charge on any atom is -0.494 e. The average molecular weight is 371 g/mol. The maximum Gasteiger partial charge on any atom is 0.278 e. The number of amides is 2. The second-order valence-electron chi connectivity index (χ2n) is 5.69. The summed E-state index contributed by atoms with van der Waals surface area (Å²) < 4.78 is 5.42. The zero-order valence-corrected chi connectivity index (χ0v) is 15.3. The van der Waals surface area contributed by atoms with Gasteiger partial charge in [0.05, 0.1) is 12.2 Å². The Balaban J connectivity index is 1.99. The number of imide groups is 1. The van der Waals surface area contributed by atoms with Crippen molar-refractivity contribution in [1.29, 1.82) is 0 Å². The van der Waals surface area contributed by atoms with E-state index in [9.17, 15) is 9.59 Å². The van der Waals surface area contributed by atoms with Crippen LogP contribution in [0.4, 0.5) is 5.69 Å². The average Bonchev–Trinajstić information content (AvgIpc) is 2.87. The Labute approximate surface area is 157 Å². The normalized spacial score (nSPS) is 14.2. The number of nitrogens with one attached hydrogen (secondary N) is 1. The molecule has 3 rings (SSSR count). The maximum atomic E-state index is 12.7. The fourth-order valence-electron chi connectivity index (χ4n) is 2.81. The molecule has 2 aromatic rings. The molecule has 2 aromatic carbocycles. The predicted octanol–water partition coefficient (Wildman–Crippen LogP) is 3.95. The van der Waals surface area contributed by atoms with Gasteiger partial charge in [-0.3, -0.25) is 14.5 Å². The van der Waals surface area contributed by atoms with Crippen LogP contribution in [0, 0.1) is 0 Å². The van der Waals surface area contributed by atoms with Crippen molar-refractivity contribution in [2.45, 2.75) is 13.8 Å². The summed E-state index contributed by atoms with van der Waals surface area (Å²) >= 11 is 5.94. The van der Waals surface area contributed by atoms with E-state index in [2.05, 4.69) is 5.32 Å². The minimum absolute atomic E-state index is 0.267. The van der Waals surface area contributed by atoms with Gasteiger partial charge in [0.1, 0.15) is 11.4 Å². The standard InChI is InChI=1S/C20H19ClN2O3/c1-3-23-19(24)17(13-5-7-14(21)8-6-13)18(20(23)25)22-15-9-11-16(12-10-15)26-4-2/h5-12,22H,3-4H2,1-2H3. The lowest BCUT2D eigenvalue weighted by Gasteiger charge is -2.12. The molecule has 1 aliphatic rings. The third-order valence-electron chi connectivity index (χ3n) is 4.05. The lowest BCUT2D eigenvalue weighted by Crippen LogP contribution is -2.32. The first-order valence-electron chi connectivity index (χ1n) is 8.41. The first-order chi connectivity index (χ1) is 12.5. The number of benzene rings is 2. The number of hydrogen-bond acceptors (Lipinski definition) is 4.